The second-order valence-electron chi connectivity index (χ2n) is 4.29. The molecule has 1 heterocycles. The number of rotatable bonds is 6. The van der Waals surface area contributed by atoms with Crippen molar-refractivity contribution in [2.24, 2.45) is 0 Å². The van der Waals surface area contributed by atoms with E-state index in [1.165, 1.54) is 0 Å². The Morgan fingerprint density at radius 3 is 2.84 bits per heavy atom. The van der Waals surface area contributed by atoms with Gasteiger partial charge in [-0.05, 0) is 22.6 Å². The molecule has 2 aromatic rings. The molecule has 0 aliphatic heterocycles. The SMILES string of the molecule is COCc1cccc(CNC(=O)Cc2cccs2)c1. The number of carbonyl (C=O) groups excluding carboxylic acids is 1. The lowest BCUT2D eigenvalue weighted by Gasteiger charge is -2.06. The molecule has 0 aliphatic rings. The molecular weight excluding hydrogens is 258 g/mol. The van der Waals surface area contributed by atoms with E-state index in [4.69, 9.17) is 4.74 Å². The van der Waals surface area contributed by atoms with Gasteiger partial charge in [-0.25, -0.2) is 0 Å². The maximum atomic E-state index is 11.8. The second-order valence-corrected chi connectivity index (χ2v) is 5.32. The first-order valence-electron chi connectivity index (χ1n) is 6.14. The summed E-state index contributed by atoms with van der Waals surface area (Å²) in [6.07, 6.45) is 0.454. The van der Waals surface area contributed by atoms with Crippen LogP contribution in [-0.2, 0) is 29.1 Å². The van der Waals surface area contributed by atoms with E-state index in [2.05, 4.69) is 11.4 Å². The zero-order chi connectivity index (χ0) is 13.5. The van der Waals surface area contributed by atoms with Crippen molar-refractivity contribution in [3.63, 3.8) is 0 Å². The maximum Gasteiger partial charge on any atom is 0.225 e. The highest BCUT2D eigenvalue weighted by Crippen LogP contribution is 2.09. The molecule has 1 aromatic carbocycles. The van der Waals surface area contributed by atoms with Crippen molar-refractivity contribution in [2.45, 2.75) is 19.6 Å². The minimum atomic E-state index is 0.0552. The van der Waals surface area contributed by atoms with Gasteiger partial charge in [0, 0.05) is 18.5 Å². The van der Waals surface area contributed by atoms with Gasteiger partial charge in [-0.3, -0.25) is 4.79 Å². The zero-order valence-electron chi connectivity index (χ0n) is 10.9. The molecule has 0 saturated heterocycles. The molecule has 0 radical (unpaired) electrons. The molecule has 1 aromatic heterocycles. The smallest absolute Gasteiger partial charge is 0.225 e. The van der Waals surface area contributed by atoms with Gasteiger partial charge in [0.15, 0.2) is 0 Å². The van der Waals surface area contributed by atoms with Crippen molar-refractivity contribution in [2.75, 3.05) is 7.11 Å². The van der Waals surface area contributed by atoms with Gasteiger partial charge < -0.3 is 10.1 Å². The Bertz CT molecular complexity index is 523. The molecule has 1 amide bonds. The van der Waals surface area contributed by atoms with E-state index in [0.29, 0.717) is 19.6 Å². The van der Waals surface area contributed by atoms with Crippen LogP contribution in [0.5, 0.6) is 0 Å². The summed E-state index contributed by atoms with van der Waals surface area (Å²) >= 11 is 1.60. The third kappa shape index (κ3) is 4.50. The molecule has 3 nitrogen and oxygen atoms in total. The normalized spacial score (nSPS) is 10.4. The summed E-state index contributed by atoms with van der Waals surface area (Å²) in [5.41, 5.74) is 2.21. The minimum Gasteiger partial charge on any atom is -0.380 e. The number of hydrogen-bond donors (Lipinski definition) is 1. The number of thiophene rings is 1. The van der Waals surface area contributed by atoms with Gasteiger partial charge in [0.25, 0.3) is 0 Å². The van der Waals surface area contributed by atoms with Gasteiger partial charge >= 0.3 is 0 Å². The maximum absolute atomic E-state index is 11.8. The highest BCUT2D eigenvalue weighted by molar-refractivity contribution is 7.10. The molecule has 19 heavy (non-hydrogen) atoms. The molecule has 1 N–H and O–H groups in total. The summed E-state index contributed by atoms with van der Waals surface area (Å²) in [4.78, 5) is 12.9. The van der Waals surface area contributed by atoms with Gasteiger partial charge in [0.1, 0.15) is 0 Å². The molecule has 0 unspecified atom stereocenters. The van der Waals surface area contributed by atoms with Gasteiger partial charge in [-0.2, -0.15) is 0 Å². The number of methoxy groups -OCH3 is 1. The first-order chi connectivity index (χ1) is 9.28. The lowest BCUT2D eigenvalue weighted by Crippen LogP contribution is -2.24. The summed E-state index contributed by atoms with van der Waals surface area (Å²) in [5, 5.41) is 4.92. The molecule has 2 rings (SSSR count). The summed E-state index contributed by atoms with van der Waals surface area (Å²) in [7, 11) is 1.68. The van der Waals surface area contributed by atoms with Crippen LogP contribution in [0.25, 0.3) is 0 Å². The van der Waals surface area contributed by atoms with Crippen molar-refractivity contribution >= 4 is 17.2 Å². The van der Waals surface area contributed by atoms with E-state index in [1.54, 1.807) is 18.4 Å². The predicted molar refractivity (Wildman–Crippen MR) is 77.0 cm³/mol. The lowest BCUT2D eigenvalue weighted by molar-refractivity contribution is -0.120. The highest BCUT2D eigenvalue weighted by Gasteiger charge is 2.04. The molecule has 0 saturated carbocycles. The van der Waals surface area contributed by atoms with Gasteiger partial charge in [-0.15, -0.1) is 11.3 Å². The molecule has 0 aliphatic carbocycles. The third-order valence-corrected chi connectivity index (χ3v) is 3.58. The average molecular weight is 275 g/mol. The van der Waals surface area contributed by atoms with Crippen LogP contribution in [0, 0.1) is 0 Å². The largest absolute Gasteiger partial charge is 0.380 e. The quantitative estimate of drug-likeness (QED) is 0.880. The van der Waals surface area contributed by atoms with Gasteiger partial charge in [-0.1, -0.05) is 30.3 Å². The van der Waals surface area contributed by atoms with Crippen molar-refractivity contribution in [3.8, 4) is 0 Å². The number of amides is 1. The molecule has 0 bridgehead atoms. The van der Waals surface area contributed by atoms with E-state index in [-0.39, 0.29) is 5.91 Å². The summed E-state index contributed by atoms with van der Waals surface area (Å²) in [6.45, 7) is 1.15. The fourth-order valence-electron chi connectivity index (χ4n) is 1.83. The number of benzene rings is 1. The third-order valence-electron chi connectivity index (χ3n) is 2.71. The van der Waals surface area contributed by atoms with Crippen LogP contribution in [0.3, 0.4) is 0 Å². The fraction of sp³-hybridized carbons (Fsp3) is 0.267. The molecular formula is C15H17NO2S. The summed E-state index contributed by atoms with van der Waals surface area (Å²) in [5.74, 6) is 0.0552. The van der Waals surface area contributed by atoms with Gasteiger partial charge in [0.05, 0.1) is 13.0 Å². The second kappa shape index (κ2) is 7.07. The van der Waals surface area contributed by atoms with Crippen LogP contribution in [-0.4, -0.2) is 13.0 Å². The molecule has 4 heteroatoms. The molecule has 100 valence electrons. The van der Waals surface area contributed by atoms with Crippen molar-refractivity contribution < 1.29 is 9.53 Å². The highest BCUT2D eigenvalue weighted by atomic mass is 32.1. The Balaban J connectivity index is 1.84. The monoisotopic (exact) mass is 275 g/mol. The van der Waals surface area contributed by atoms with Crippen LogP contribution in [0.4, 0.5) is 0 Å². The Kier molecular flexibility index (Phi) is 5.12. The van der Waals surface area contributed by atoms with E-state index < -0.39 is 0 Å². The lowest BCUT2D eigenvalue weighted by atomic mass is 10.1. The first-order valence-corrected chi connectivity index (χ1v) is 7.02. The zero-order valence-corrected chi connectivity index (χ0v) is 11.7. The van der Waals surface area contributed by atoms with E-state index in [9.17, 15) is 4.79 Å². The van der Waals surface area contributed by atoms with Crippen molar-refractivity contribution in [1.82, 2.24) is 5.32 Å². The first kappa shape index (κ1) is 13.8. The Morgan fingerprint density at radius 1 is 1.26 bits per heavy atom. The minimum absolute atomic E-state index is 0.0552. The number of hydrogen-bond acceptors (Lipinski definition) is 3. The average Bonchev–Trinajstić information content (AvgIpc) is 2.90. The Morgan fingerprint density at radius 2 is 2.11 bits per heavy atom. The Hall–Kier alpha value is -1.65. The molecule has 0 spiro atoms. The van der Waals surface area contributed by atoms with E-state index in [1.807, 2.05) is 35.7 Å². The van der Waals surface area contributed by atoms with E-state index >= 15 is 0 Å². The summed E-state index contributed by atoms with van der Waals surface area (Å²) < 4.78 is 5.09. The topological polar surface area (TPSA) is 38.3 Å². The number of nitrogens with one attached hydrogen (secondary N) is 1. The molecule has 0 fully saturated rings. The van der Waals surface area contributed by atoms with Crippen LogP contribution in [0.2, 0.25) is 0 Å². The van der Waals surface area contributed by atoms with Crippen LogP contribution >= 0.6 is 11.3 Å². The van der Waals surface area contributed by atoms with Crippen LogP contribution in [0.1, 0.15) is 16.0 Å². The Labute approximate surface area is 117 Å². The number of carbonyl (C=O) groups is 1. The summed E-state index contributed by atoms with van der Waals surface area (Å²) in [6, 6.07) is 12.0. The predicted octanol–water partition coefficient (Wildman–Crippen LogP) is 2.75. The van der Waals surface area contributed by atoms with Crippen molar-refractivity contribution in [3.05, 3.63) is 57.8 Å². The fourth-order valence-corrected chi connectivity index (χ4v) is 2.53. The van der Waals surface area contributed by atoms with E-state index in [0.717, 1.165) is 16.0 Å². The van der Waals surface area contributed by atoms with Crippen LogP contribution in [0.15, 0.2) is 41.8 Å². The molecule has 0 atom stereocenters. The van der Waals surface area contributed by atoms with Gasteiger partial charge in [0.2, 0.25) is 5.91 Å². The standard InChI is InChI=1S/C15H17NO2S/c1-18-11-13-5-2-4-12(8-13)10-16-15(17)9-14-6-3-7-19-14/h2-8H,9-11H2,1H3,(H,16,17). The van der Waals surface area contributed by atoms with Crippen molar-refractivity contribution in [1.29, 1.82) is 0 Å². The van der Waals surface area contributed by atoms with Crippen LogP contribution < -0.4 is 5.32 Å². The number of ether oxygens (including phenoxy) is 1.